The van der Waals surface area contributed by atoms with E-state index >= 15 is 0 Å². The molecule has 0 spiro atoms. The molecule has 1 fully saturated rings. The average molecular weight is 318 g/mol. The lowest BCUT2D eigenvalue weighted by molar-refractivity contribution is -0.384. The quantitative estimate of drug-likeness (QED) is 0.597. The number of carbonyl (C=O) groups excluding carboxylic acids is 1. The monoisotopic (exact) mass is 318 g/mol. The molecule has 1 aromatic carbocycles. The number of nitro groups is 1. The molecule has 0 aromatic heterocycles. The topological polar surface area (TPSA) is 72.2 Å². The number of nitrogens with zero attached hydrogens (tertiary/aromatic N) is 1. The van der Waals surface area contributed by atoms with Crippen molar-refractivity contribution in [2.45, 2.75) is 58.8 Å². The number of hydrogen-bond donors (Lipinski definition) is 1. The van der Waals surface area contributed by atoms with Gasteiger partial charge in [0.1, 0.15) is 0 Å². The predicted molar refractivity (Wildman–Crippen MR) is 91.3 cm³/mol. The molecule has 1 saturated carbocycles. The maximum absolute atomic E-state index is 12.9. The first kappa shape index (κ1) is 17.4. The summed E-state index contributed by atoms with van der Waals surface area (Å²) in [4.78, 5) is 23.3. The largest absolute Gasteiger partial charge is 0.325 e. The van der Waals surface area contributed by atoms with Crippen LogP contribution in [0.15, 0.2) is 24.3 Å². The minimum absolute atomic E-state index is 0.00248. The summed E-state index contributed by atoms with van der Waals surface area (Å²) in [5.74, 6) is 0.595. The molecule has 0 aliphatic heterocycles. The Morgan fingerprint density at radius 3 is 2.61 bits per heavy atom. The second kappa shape index (κ2) is 7.57. The van der Waals surface area contributed by atoms with Crippen LogP contribution < -0.4 is 5.32 Å². The van der Waals surface area contributed by atoms with E-state index in [1.165, 1.54) is 18.6 Å². The molecule has 0 bridgehead atoms. The number of rotatable bonds is 6. The average Bonchev–Trinajstić information content (AvgIpc) is 2.54. The van der Waals surface area contributed by atoms with Crippen LogP contribution in [0.2, 0.25) is 0 Å². The first-order valence-corrected chi connectivity index (χ1v) is 8.49. The van der Waals surface area contributed by atoms with Crippen LogP contribution in [-0.4, -0.2) is 10.8 Å². The maximum Gasteiger partial charge on any atom is 0.271 e. The van der Waals surface area contributed by atoms with Gasteiger partial charge in [0, 0.05) is 23.2 Å². The highest BCUT2D eigenvalue weighted by molar-refractivity contribution is 5.95. The van der Waals surface area contributed by atoms with Gasteiger partial charge in [0.15, 0.2) is 0 Å². The molecule has 23 heavy (non-hydrogen) atoms. The molecular formula is C18H26N2O3. The first-order valence-electron chi connectivity index (χ1n) is 8.49. The van der Waals surface area contributed by atoms with Crippen molar-refractivity contribution in [3.05, 3.63) is 34.4 Å². The lowest BCUT2D eigenvalue weighted by Gasteiger charge is -2.36. The van der Waals surface area contributed by atoms with Crippen molar-refractivity contribution in [3.8, 4) is 0 Å². The van der Waals surface area contributed by atoms with Gasteiger partial charge < -0.3 is 5.32 Å². The predicted octanol–water partition coefficient (Wildman–Crippen LogP) is 4.92. The van der Waals surface area contributed by atoms with E-state index < -0.39 is 4.92 Å². The van der Waals surface area contributed by atoms with Crippen molar-refractivity contribution in [1.29, 1.82) is 0 Å². The minimum Gasteiger partial charge on any atom is -0.325 e. The van der Waals surface area contributed by atoms with Gasteiger partial charge in [-0.25, -0.2) is 0 Å². The normalized spacial score (nSPS) is 17.0. The molecule has 5 nitrogen and oxygen atoms in total. The molecule has 5 heteroatoms. The zero-order valence-corrected chi connectivity index (χ0v) is 14.0. The van der Waals surface area contributed by atoms with E-state index in [4.69, 9.17) is 0 Å². The molecule has 0 unspecified atom stereocenters. The first-order chi connectivity index (χ1) is 10.9. The summed E-state index contributed by atoms with van der Waals surface area (Å²) in [6.07, 6.45) is 7.11. The number of nitrogens with one attached hydrogen (secondary N) is 1. The van der Waals surface area contributed by atoms with Crippen molar-refractivity contribution >= 4 is 17.3 Å². The fourth-order valence-electron chi connectivity index (χ4n) is 3.35. The molecule has 1 aliphatic carbocycles. The number of benzene rings is 1. The van der Waals surface area contributed by atoms with Gasteiger partial charge in [-0.1, -0.05) is 39.2 Å². The van der Waals surface area contributed by atoms with Crippen LogP contribution in [0.4, 0.5) is 11.4 Å². The number of non-ortho nitro benzene ring substituents is 1. The zero-order chi connectivity index (χ0) is 16.9. The van der Waals surface area contributed by atoms with Gasteiger partial charge in [-0.3, -0.25) is 14.9 Å². The molecule has 1 N–H and O–H groups in total. The van der Waals surface area contributed by atoms with Gasteiger partial charge in [0.2, 0.25) is 5.91 Å². The number of nitro benzene ring substituents is 1. The van der Waals surface area contributed by atoms with Crippen LogP contribution in [0.3, 0.4) is 0 Å². The molecule has 0 radical (unpaired) electrons. The van der Waals surface area contributed by atoms with Gasteiger partial charge in [-0.15, -0.1) is 0 Å². The van der Waals surface area contributed by atoms with E-state index in [0.29, 0.717) is 11.6 Å². The zero-order valence-electron chi connectivity index (χ0n) is 14.0. The van der Waals surface area contributed by atoms with Crippen LogP contribution in [-0.2, 0) is 4.79 Å². The highest BCUT2D eigenvalue weighted by Crippen LogP contribution is 2.42. The fourth-order valence-corrected chi connectivity index (χ4v) is 3.35. The molecule has 126 valence electrons. The summed E-state index contributed by atoms with van der Waals surface area (Å²) in [6.45, 7) is 4.35. The molecule has 0 saturated heterocycles. The number of carbonyl (C=O) groups is 1. The molecule has 1 aromatic rings. The van der Waals surface area contributed by atoms with Crippen LogP contribution >= 0.6 is 0 Å². The van der Waals surface area contributed by atoms with Gasteiger partial charge in [-0.2, -0.15) is 0 Å². The molecule has 0 atom stereocenters. The van der Waals surface area contributed by atoms with Crippen LogP contribution in [0.25, 0.3) is 0 Å². The van der Waals surface area contributed by atoms with Crippen LogP contribution in [0.5, 0.6) is 0 Å². The molecule has 0 heterocycles. The van der Waals surface area contributed by atoms with Crippen molar-refractivity contribution < 1.29 is 9.72 Å². The Morgan fingerprint density at radius 2 is 2.00 bits per heavy atom. The minimum atomic E-state index is -0.440. The third-order valence-electron chi connectivity index (χ3n) is 4.81. The number of hydrogen-bond acceptors (Lipinski definition) is 3. The van der Waals surface area contributed by atoms with E-state index in [1.807, 2.05) is 0 Å². The molecular weight excluding hydrogens is 292 g/mol. The fraction of sp³-hybridized carbons (Fsp3) is 0.611. The standard InChI is InChI=1S/C18H26N2O3/c1-14(2)9-12-18(10-4-3-5-11-18)17(21)19-15-7-6-8-16(13-15)20(22)23/h6-8,13-14H,3-5,9-12H2,1-2H3,(H,19,21). The Labute approximate surface area is 137 Å². The SMILES string of the molecule is CC(C)CCC1(C(=O)Nc2cccc([N+](=O)[O-])c2)CCCCC1. The summed E-state index contributed by atoms with van der Waals surface area (Å²) < 4.78 is 0. The Hall–Kier alpha value is -1.91. The van der Waals surface area contributed by atoms with E-state index in [1.54, 1.807) is 12.1 Å². The van der Waals surface area contributed by atoms with Crippen molar-refractivity contribution in [2.75, 3.05) is 5.32 Å². The lowest BCUT2D eigenvalue weighted by atomic mass is 9.69. The maximum atomic E-state index is 12.9. The van der Waals surface area contributed by atoms with Crippen molar-refractivity contribution in [1.82, 2.24) is 0 Å². The van der Waals surface area contributed by atoms with Gasteiger partial charge in [0.05, 0.1) is 4.92 Å². The summed E-state index contributed by atoms with van der Waals surface area (Å²) in [5, 5.41) is 13.8. The number of amides is 1. The second-order valence-electron chi connectivity index (χ2n) is 7.04. The summed E-state index contributed by atoms with van der Waals surface area (Å²) in [5.41, 5.74) is 0.203. The summed E-state index contributed by atoms with van der Waals surface area (Å²) in [6, 6.07) is 6.18. The van der Waals surface area contributed by atoms with E-state index in [-0.39, 0.29) is 17.0 Å². The van der Waals surface area contributed by atoms with Crippen molar-refractivity contribution in [3.63, 3.8) is 0 Å². The number of anilines is 1. The summed E-state index contributed by atoms with van der Waals surface area (Å²) in [7, 11) is 0. The molecule has 1 aliphatic rings. The van der Waals surface area contributed by atoms with Crippen LogP contribution in [0.1, 0.15) is 58.8 Å². The molecule has 2 rings (SSSR count). The van der Waals surface area contributed by atoms with E-state index in [9.17, 15) is 14.9 Å². The molecule has 1 amide bonds. The second-order valence-corrected chi connectivity index (χ2v) is 7.04. The van der Waals surface area contributed by atoms with E-state index in [2.05, 4.69) is 19.2 Å². The van der Waals surface area contributed by atoms with Gasteiger partial charge >= 0.3 is 0 Å². The summed E-state index contributed by atoms with van der Waals surface area (Å²) >= 11 is 0. The third kappa shape index (κ3) is 4.53. The van der Waals surface area contributed by atoms with Crippen molar-refractivity contribution in [2.24, 2.45) is 11.3 Å². The Morgan fingerprint density at radius 1 is 1.30 bits per heavy atom. The Kier molecular flexibility index (Phi) is 5.74. The smallest absolute Gasteiger partial charge is 0.271 e. The highest BCUT2D eigenvalue weighted by Gasteiger charge is 2.39. The Bertz CT molecular complexity index is 563. The van der Waals surface area contributed by atoms with Gasteiger partial charge in [-0.05, 0) is 37.7 Å². The van der Waals surface area contributed by atoms with Crippen LogP contribution in [0, 0.1) is 21.4 Å². The van der Waals surface area contributed by atoms with Gasteiger partial charge in [0.25, 0.3) is 5.69 Å². The lowest BCUT2D eigenvalue weighted by Crippen LogP contribution is -2.38. The van der Waals surface area contributed by atoms with E-state index in [0.717, 1.165) is 38.5 Å². The third-order valence-corrected chi connectivity index (χ3v) is 4.81. The Balaban J connectivity index is 2.14. The highest BCUT2D eigenvalue weighted by atomic mass is 16.6.